The third-order valence-electron chi connectivity index (χ3n) is 3.02. The van der Waals surface area contributed by atoms with E-state index in [0.29, 0.717) is 5.02 Å². The third kappa shape index (κ3) is 5.62. The average molecular weight is 350 g/mol. The van der Waals surface area contributed by atoms with Gasteiger partial charge in [-0.05, 0) is 23.3 Å². The number of benzene rings is 2. The van der Waals surface area contributed by atoms with Crippen molar-refractivity contribution in [3.8, 4) is 0 Å². The second kappa shape index (κ2) is 8.60. The van der Waals surface area contributed by atoms with Gasteiger partial charge in [-0.3, -0.25) is 9.59 Å². The summed E-state index contributed by atoms with van der Waals surface area (Å²) in [6.07, 6.45) is 0. The molecular formula is C17H16ClNO3S. The molecule has 0 spiro atoms. The molecule has 0 heterocycles. The second-order valence-corrected chi connectivity index (χ2v) is 6.31. The van der Waals surface area contributed by atoms with Gasteiger partial charge in [-0.2, -0.15) is 0 Å². The number of carbonyl (C=O) groups excluding carboxylic acids is 2. The van der Waals surface area contributed by atoms with Crippen molar-refractivity contribution in [3.63, 3.8) is 0 Å². The lowest BCUT2D eigenvalue weighted by molar-refractivity contribution is -0.145. The van der Waals surface area contributed by atoms with Crippen molar-refractivity contribution in [2.24, 2.45) is 5.73 Å². The molecule has 6 heteroatoms. The minimum absolute atomic E-state index is 0.0328. The summed E-state index contributed by atoms with van der Waals surface area (Å²) >= 11 is 7.36. The van der Waals surface area contributed by atoms with E-state index in [1.54, 1.807) is 0 Å². The van der Waals surface area contributed by atoms with Crippen LogP contribution in [0.2, 0.25) is 5.02 Å². The van der Waals surface area contributed by atoms with E-state index in [4.69, 9.17) is 22.1 Å². The topological polar surface area (TPSA) is 69.4 Å². The normalized spacial score (nSPS) is 11.7. The van der Waals surface area contributed by atoms with Crippen molar-refractivity contribution in [1.29, 1.82) is 0 Å². The molecule has 0 aliphatic heterocycles. The van der Waals surface area contributed by atoms with Crippen LogP contribution in [-0.4, -0.2) is 24.2 Å². The number of thioether (sulfide) groups is 1. The Morgan fingerprint density at radius 3 is 2.26 bits per heavy atom. The number of carbonyl (C=O) groups is 2. The van der Waals surface area contributed by atoms with Crippen LogP contribution in [-0.2, 0) is 14.3 Å². The first-order valence-electron chi connectivity index (χ1n) is 6.92. The Bertz CT molecular complexity index is 661. The predicted octanol–water partition coefficient (Wildman–Crippen LogP) is 3.19. The van der Waals surface area contributed by atoms with Gasteiger partial charge in [0.25, 0.3) is 5.91 Å². The standard InChI is InChI=1S/C17H16ClNO3S/c18-14-8-6-13(7-9-14)17(12-4-2-1-3-5-12)23-11-16(21)22-10-15(19)20/h1-9,17H,10-11H2,(H2,19,20)/t17-/m1/s1. The zero-order valence-electron chi connectivity index (χ0n) is 12.3. The first-order valence-corrected chi connectivity index (χ1v) is 8.35. The molecule has 2 rings (SSSR count). The first kappa shape index (κ1) is 17.4. The Hall–Kier alpha value is -1.98. The van der Waals surface area contributed by atoms with Crippen molar-refractivity contribution in [3.05, 3.63) is 70.7 Å². The zero-order valence-corrected chi connectivity index (χ0v) is 13.8. The highest BCUT2D eigenvalue weighted by atomic mass is 35.5. The molecule has 2 aromatic carbocycles. The van der Waals surface area contributed by atoms with Gasteiger partial charge in [-0.15, -0.1) is 11.8 Å². The lowest BCUT2D eigenvalue weighted by atomic mass is 10.0. The van der Waals surface area contributed by atoms with E-state index >= 15 is 0 Å². The zero-order chi connectivity index (χ0) is 16.7. The van der Waals surface area contributed by atoms with Gasteiger partial charge in [0, 0.05) is 5.02 Å². The Morgan fingerprint density at radius 1 is 1.04 bits per heavy atom. The molecule has 0 bridgehead atoms. The Balaban J connectivity index is 2.10. The molecule has 4 nitrogen and oxygen atoms in total. The van der Waals surface area contributed by atoms with Gasteiger partial charge in [0.15, 0.2) is 6.61 Å². The minimum atomic E-state index is -0.666. The molecule has 2 aromatic rings. The number of hydrogen-bond acceptors (Lipinski definition) is 4. The quantitative estimate of drug-likeness (QED) is 0.779. The van der Waals surface area contributed by atoms with E-state index in [1.807, 2.05) is 54.6 Å². The van der Waals surface area contributed by atoms with Crippen molar-refractivity contribution >= 4 is 35.2 Å². The van der Waals surface area contributed by atoms with Crippen LogP contribution < -0.4 is 5.73 Å². The number of primary amides is 1. The van der Waals surface area contributed by atoms with Crippen LogP contribution in [0.5, 0.6) is 0 Å². The lowest BCUT2D eigenvalue weighted by Gasteiger charge is -2.17. The number of nitrogens with two attached hydrogens (primary N) is 1. The van der Waals surface area contributed by atoms with E-state index in [9.17, 15) is 9.59 Å². The average Bonchev–Trinajstić information content (AvgIpc) is 2.55. The summed E-state index contributed by atoms with van der Waals surface area (Å²) in [5.41, 5.74) is 7.06. The molecule has 120 valence electrons. The maximum absolute atomic E-state index is 11.7. The molecule has 0 radical (unpaired) electrons. The van der Waals surface area contributed by atoms with Gasteiger partial charge in [0.05, 0.1) is 11.0 Å². The first-order chi connectivity index (χ1) is 11.1. The Labute approximate surface area is 144 Å². The molecule has 0 unspecified atom stereocenters. The van der Waals surface area contributed by atoms with Crippen LogP contribution in [0.4, 0.5) is 0 Å². The number of rotatable bonds is 7. The molecule has 1 amide bonds. The summed E-state index contributed by atoms with van der Waals surface area (Å²) in [4.78, 5) is 22.3. The fraction of sp³-hybridized carbons (Fsp3) is 0.176. The van der Waals surface area contributed by atoms with Crippen LogP contribution in [0, 0.1) is 0 Å². The molecule has 0 saturated carbocycles. The molecule has 2 N–H and O–H groups in total. The number of esters is 1. The molecule has 0 fully saturated rings. The number of hydrogen-bond donors (Lipinski definition) is 1. The van der Waals surface area contributed by atoms with Gasteiger partial charge in [-0.25, -0.2) is 0 Å². The van der Waals surface area contributed by atoms with Crippen LogP contribution in [0.3, 0.4) is 0 Å². The van der Waals surface area contributed by atoms with Crippen LogP contribution in [0.25, 0.3) is 0 Å². The summed E-state index contributed by atoms with van der Waals surface area (Å²) in [6.45, 7) is -0.393. The number of amides is 1. The van der Waals surface area contributed by atoms with E-state index < -0.39 is 18.5 Å². The van der Waals surface area contributed by atoms with Crippen LogP contribution in [0.1, 0.15) is 16.4 Å². The summed E-state index contributed by atoms with van der Waals surface area (Å²) in [5, 5.41) is 0.626. The fourth-order valence-electron chi connectivity index (χ4n) is 1.99. The van der Waals surface area contributed by atoms with Gasteiger partial charge >= 0.3 is 5.97 Å². The molecular weight excluding hydrogens is 334 g/mol. The predicted molar refractivity (Wildman–Crippen MR) is 92.3 cm³/mol. The highest BCUT2D eigenvalue weighted by molar-refractivity contribution is 8.00. The minimum Gasteiger partial charge on any atom is -0.455 e. The van der Waals surface area contributed by atoms with Gasteiger partial charge < -0.3 is 10.5 Å². The van der Waals surface area contributed by atoms with Crippen LogP contribution in [0.15, 0.2) is 54.6 Å². The van der Waals surface area contributed by atoms with Crippen molar-refractivity contribution < 1.29 is 14.3 Å². The molecule has 0 aromatic heterocycles. The van der Waals surface area contributed by atoms with Gasteiger partial charge in [-0.1, -0.05) is 54.1 Å². The SMILES string of the molecule is NC(=O)COC(=O)CS[C@H](c1ccccc1)c1ccc(Cl)cc1. The third-order valence-corrected chi connectivity index (χ3v) is 4.55. The molecule has 0 saturated heterocycles. The largest absolute Gasteiger partial charge is 0.455 e. The summed E-state index contributed by atoms with van der Waals surface area (Å²) in [6, 6.07) is 17.3. The van der Waals surface area contributed by atoms with Crippen molar-refractivity contribution in [2.45, 2.75) is 5.25 Å². The maximum Gasteiger partial charge on any atom is 0.316 e. The highest BCUT2D eigenvalue weighted by Crippen LogP contribution is 2.36. The second-order valence-electron chi connectivity index (χ2n) is 4.78. The number of halogens is 1. The molecule has 1 atom stereocenters. The van der Waals surface area contributed by atoms with Crippen molar-refractivity contribution in [2.75, 3.05) is 12.4 Å². The summed E-state index contributed by atoms with van der Waals surface area (Å²) < 4.78 is 4.79. The van der Waals surface area contributed by atoms with Crippen molar-refractivity contribution in [1.82, 2.24) is 0 Å². The summed E-state index contributed by atoms with van der Waals surface area (Å²) in [5.74, 6) is -1.01. The van der Waals surface area contributed by atoms with Gasteiger partial charge in [0.2, 0.25) is 0 Å². The Kier molecular flexibility index (Phi) is 6.50. The maximum atomic E-state index is 11.7. The van der Waals surface area contributed by atoms with E-state index in [2.05, 4.69) is 0 Å². The smallest absolute Gasteiger partial charge is 0.316 e. The lowest BCUT2D eigenvalue weighted by Crippen LogP contribution is -2.21. The summed E-state index contributed by atoms with van der Waals surface area (Å²) in [7, 11) is 0. The van der Waals surface area contributed by atoms with Crippen LogP contribution >= 0.6 is 23.4 Å². The Morgan fingerprint density at radius 2 is 1.65 bits per heavy atom. The molecule has 23 heavy (non-hydrogen) atoms. The fourth-order valence-corrected chi connectivity index (χ4v) is 3.21. The number of ether oxygens (including phenoxy) is 1. The van der Waals surface area contributed by atoms with E-state index in [0.717, 1.165) is 11.1 Å². The van der Waals surface area contributed by atoms with E-state index in [-0.39, 0.29) is 11.0 Å². The highest BCUT2D eigenvalue weighted by Gasteiger charge is 2.17. The van der Waals surface area contributed by atoms with E-state index in [1.165, 1.54) is 11.8 Å². The molecule has 0 aliphatic carbocycles. The van der Waals surface area contributed by atoms with Gasteiger partial charge in [0.1, 0.15) is 0 Å². The monoisotopic (exact) mass is 349 g/mol. The molecule has 0 aliphatic rings.